The monoisotopic (exact) mass is 319 g/mol. The zero-order valence-electron chi connectivity index (χ0n) is 12.6. The summed E-state index contributed by atoms with van der Waals surface area (Å²) in [6, 6.07) is 10.6. The Balaban J connectivity index is 2.32. The second-order valence-electron chi connectivity index (χ2n) is 4.93. The summed E-state index contributed by atoms with van der Waals surface area (Å²) in [6.45, 7) is 2.07. The van der Waals surface area contributed by atoms with Crippen molar-refractivity contribution >= 4 is 5.69 Å². The molecule has 2 aromatic carbocycles. The molecule has 120 valence electrons. The third kappa shape index (κ3) is 4.68. The number of hydrogen-bond acceptors (Lipinski definition) is 2. The predicted molar refractivity (Wildman–Crippen MR) is 84.1 cm³/mol. The molecule has 0 amide bonds. The van der Waals surface area contributed by atoms with Crippen LogP contribution in [0.2, 0.25) is 0 Å². The lowest BCUT2D eigenvalue weighted by Crippen LogP contribution is -2.09. The van der Waals surface area contributed by atoms with Gasteiger partial charge in [0.1, 0.15) is 5.75 Å². The van der Waals surface area contributed by atoms with E-state index in [9.17, 15) is 13.2 Å². The number of anilines is 1. The van der Waals surface area contributed by atoms with Gasteiger partial charge in [-0.2, -0.15) is 13.2 Å². The normalized spacial score (nSPS) is 10.8. The minimum absolute atomic E-state index is 0.169. The van der Waals surface area contributed by atoms with Crippen molar-refractivity contribution < 1.29 is 17.9 Å². The van der Waals surface area contributed by atoms with Crippen LogP contribution in [0.15, 0.2) is 42.5 Å². The first-order chi connectivity index (χ1) is 10.9. The smallest absolute Gasteiger partial charge is 0.420 e. The third-order valence-electron chi connectivity index (χ3n) is 3.01. The molecule has 0 radical (unpaired) electrons. The van der Waals surface area contributed by atoms with Gasteiger partial charge in [-0.3, -0.25) is 0 Å². The van der Waals surface area contributed by atoms with E-state index in [4.69, 9.17) is 10.5 Å². The molecule has 0 spiro atoms. The van der Waals surface area contributed by atoms with Gasteiger partial charge in [0.05, 0.1) is 12.2 Å². The van der Waals surface area contributed by atoms with E-state index in [-0.39, 0.29) is 17.9 Å². The Bertz CT molecular complexity index is 725. The van der Waals surface area contributed by atoms with Crippen LogP contribution in [0.25, 0.3) is 0 Å². The Morgan fingerprint density at radius 2 is 1.61 bits per heavy atom. The van der Waals surface area contributed by atoms with Crippen LogP contribution in [-0.4, -0.2) is 6.61 Å². The van der Waals surface area contributed by atoms with Gasteiger partial charge in [0.25, 0.3) is 0 Å². The van der Waals surface area contributed by atoms with E-state index in [2.05, 4.69) is 11.8 Å². The molecule has 0 bridgehead atoms. The molecule has 2 nitrogen and oxygen atoms in total. The van der Waals surface area contributed by atoms with Gasteiger partial charge in [0, 0.05) is 16.8 Å². The van der Waals surface area contributed by atoms with Crippen molar-refractivity contribution in [2.45, 2.75) is 19.5 Å². The highest BCUT2D eigenvalue weighted by atomic mass is 19.4. The molecule has 0 atom stereocenters. The molecule has 0 saturated carbocycles. The van der Waals surface area contributed by atoms with Crippen molar-refractivity contribution in [1.82, 2.24) is 0 Å². The summed E-state index contributed by atoms with van der Waals surface area (Å²) in [5.74, 6) is 5.38. The Hall–Kier alpha value is -2.61. The fraction of sp³-hybridized carbons (Fsp3) is 0.222. The molecular formula is C18H16F3NO. The van der Waals surface area contributed by atoms with Gasteiger partial charge in [-0.15, -0.1) is 0 Å². The van der Waals surface area contributed by atoms with Crippen molar-refractivity contribution in [3.63, 3.8) is 0 Å². The minimum Gasteiger partial charge on any atom is -0.493 e. The summed E-state index contributed by atoms with van der Waals surface area (Å²) >= 11 is 0. The zero-order chi connectivity index (χ0) is 16.9. The number of hydrogen-bond donors (Lipinski definition) is 1. The molecule has 0 unspecified atom stereocenters. The molecule has 0 aliphatic carbocycles. The van der Waals surface area contributed by atoms with E-state index < -0.39 is 11.7 Å². The van der Waals surface area contributed by atoms with Crippen LogP contribution in [0.1, 0.15) is 30.0 Å². The molecule has 5 heteroatoms. The van der Waals surface area contributed by atoms with Crippen LogP contribution in [0, 0.1) is 11.8 Å². The Morgan fingerprint density at radius 1 is 1.00 bits per heavy atom. The lowest BCUT2D eigenvalue weighted by Gasteiger charge is -2.13. The standard InChI is InChI=1S/C18H16F3NO/c1-2-11-23-17-10-7-14(12-16(17)18(19,20)21)4-3-13-5-8-15(22)9-6-13/h5-10,12H,2,11,22H2,1H3. The SMILES string of the molecule is CCCOc1ccc(C#Cc2ccc(N)cc2)cc1C(F)(F)F. The highest BCUT2D eigenvalue weighted by Gasteiger charge is 2.34. The first kappa shape index (κ1) is 16.8. The van der Waals surface area contributed by atoms with Crippen molar-refractivity contribution in [1.29, 1.82) is 0 Å². The lowest BCUT2D eigenvalue weighted by atomic mass is 10.1. The van der Waals surface area contributed by atoms with Crippen molar-refractivity contribution in [2.24, 2.45) is 0 Å². The van der Waals surface area contributed by atoms with Crippen LogP contribution in [0.5, 0.6) is 5.75 Å². The second kappa shape index (κ2) is 7.10. The maximum absolute atomic E-state index is 13.1. The summed E-state index contributed by atoms with van der Waals surface area (Å²) in [5.41, 5.74) is 6.32. The number of nitrogen functional groups attached to an aromatic ring is 1. The fourth-order valence-corrected chi connectivity index (χ4v) is 1.88. The van der Waals surface area contributed by atoms with Gasteiger partial charge in [-0.25, -0.2) is 0 Å². The minimum atomic E-state index is -4.48. The summed E-state index contributed by atoms with van der Waals surface area (Å²) < 4.78 is 44.5. The summed E-state index contributed by atoms with van der Waals surface area (Å²) in [7, 11) is 0. The molecule has 0 aliphatic heterocycles. The quantitative estimate of drug-likeness (QED) is 0.669. The first-order valence-corrected chi connectivity index (χ1v) is 7.11. The van der Waals surface area contributed by atoms with E-state index in [0.717, 1.165) is 6.07 Å². The molecular weight excluding hydrogens is 303 g/mol. The van der Waals surface area contributed by atoms with Crippen molar-refractivity contribution in [3.8, 4) is 17.6 Å². The molecule has 0 aliphatic rings. The highest BCUT2D eigenvalue weighted by Crippen LogP contribution is 2.36. The number of rotatable bonds is 3. The van der Waals surface area contributed by atoms with Crippen molar-refractivity contribution in [3.05, 3.63) is 59.2 Å². The molecule has 0 aromatic heterocycles. The highest BCUT2D eigenvalue weighted by molar-refractivity contribution is 5.50. The Morgan fingerprint density at radius 3 is 2.22 bits per heavy atom. The number of halogens is 3. The van der Waals surface area contributed by atoms with Gasteiger partial charge in [-0.05, 0) is 48.9 Å². The molecule has 2 rings (SSSR count). The number of benzene rings is 2. The van der Waals surface area contributed by atoms with Gasteiger partial charge in [0.15, 0.2) is 0 Å². The maximum atomic E-state index is 13.1. The van der Waals surface area contributed by atoms with Crippen molar-refractivity contribution in [2.75, 3.05) is 12.3 Å². The van der Waals surface area contributed by atoms with Gasteiger partial charge in [0.2, 0.25) is 0 Å². The first-order valence-electron chi connectivity index (χ1n) is 7.11. The predicted octanol–water partition coefficient (Wildman–Crippen LogP) is 4.48. The number of alkyl halides is 3. The van der Waals surface area contributed by atoms with E-state index in [1.165, 1.54) is 12.1 Å². The Kier molecular flexibility index (Phi) is 5.17. The third-order valence-corrected chi connectivity index (χ3v) is 3.01. The molecule has 2 aromatic rings. The van der Waals surface area contributed by atoms with Crippen LogP contribution in [0.3, 0.4) is 0 Å². The largest absolute Gasteiger partial charge is 0.493 e. The van der Waals surface area contributed by atoms with Crippen LogP contribution >= 0.6 is 0 Å². The van der Waals surface area contributed by atoms with Gasteiger partial charge in [-0.1, -0.05) is 18.8 Å². The summed E-state index contributed by atoms with van der Waals surface area (Å²) in [5, 5.41) is 0. The van der Waals surface area contributed by atoms with Crippen LogP contribution in [0.4, 0.5) is 18.9 Å². The van der Waals surface area contributed by atoms with Crippen LogP contribution < -0.4 is 10.5 Å². The Labute approximate surface area is 133 Å². The fourth-order valence-electron chi connectivity index (χ4n) is 1.88. The van der Waals surface area contributed by atoms with E-state index in [1.54, 1.807) is 24.3 Å². The maximum Gasteiger partial charge on any atom is 0.420 e. The molecule has 2 N–H and O–H groups in total. The van der Waals surface area contributed by atoms with Crippen LogP contribution in [-0.2, 0) is 6.18 Å². The molecule has 23 heavy (non-hydrogen) atoms. The van der Waals surface area contributed by atoms with E-state index >= 15 is 0 Å². The van der Waals surface area contributed by atoms with Gasteiger partial charge < -0.3 is 10.5 Å². The van der Waals surface area contributed by atoms with E-state index in [0.29, 0.717) is 17.7 Å². The average Bonchev–Trinajstić information content (AvgIpc) is 2.52. The zero-order valence-corrected chi connectivity index (χ0v) is 12.6. The number of nitrogens with two attached hydrogens (primary N) is 1. The molecule has 0 saturated heterocycles. The lowest BCUT2D eigenvalue weighted by molar-refractivity contribution is -0.139. The number of ether oxygens (including phenoxy) is 1. The average molecular weight is 319 g/mol. The summed E-state index contributed by atoms with van der Waals surface area (Å²) in [6.07, 6.45) is -3.85. The molecule has 0 heterocycles. The van der Waals surface area contributed by atoms with E-state index in [1.807, 2.05) is 6.92 Å². The molecule has 0 fully saturated rings. The topological polar surface area (TPSA) is 35.2 Å². The second-order valence-corrected chi connectivity index (χ2v) is 4.93. The van der Waals surface area contributed by atoms with Gasteiger partial charge >= 0.3 is 6.18 Å². The summed E-state index contributed by atoms with van der Waals surface area (Å²) in [4.78, 5) is 0.